The topological polar surface area (TPSA) is 29.5 Å². The highest BCUT2D eigenvalue weighted by molar-refractivity contribution is 7.10. The van der Waals surface area contributed by atoms with Crippen LogP contribution in [0.4, 0.5) is 0 Å². The van der Waals surface area contributed by atoms with E-state index >= 15 is 0 Å². The first-order valence-electron chi connectivity index (χ1n) is 6.36. The highest BCUT2D eigenvalue weighted by Gasteiger charge is 2.23. The molecule has 2 heterocycles. The van der Waals surface area contributed by atoms with Gasteiger partial charge < -0.3 is 4.74 Å². The van der Waals surface area contributed by atoms with Crippen molar-refractivity contribution in [1.82, 2.24) is 4.90 Å². The number of nitrogens with zero attached hydrogens (tertiary/aromatic N) is 1. The van der Waals surface area contributed by atoms with E-state index < -0.39 is 0 Å². The van der Waals surface area contributed by atoms with Crippen LogP contribution < -0.4 is 0 Å². The first-order valence-corrected chi connectivity index (χ1v) is 7.24. The van der Waals surface area contributed by atoms with Crippen molar-refractivity contribution in [3.05, 3.63) is 34.0 Å². The Morgan fingerprint density at radius 2 is 2.50 bits per heavy atom. The molecule has 0 aromatic carbocycles. The summed E-state index contributed by atoms with van der Waals surface area (Å²) in [4.78, 5) is 15.1. The second-order valence-electron chi connectivity index (χ2n) is 4.37. The van der Waals surface area contributed by atoms with Crippen LogP contribution in [0, 0.1) is 0 Å². The maximum atomic E-state index is 11.2. The molecule has 4 heteroatoms. The fourth-order valence-corrected chi connectivity index (χ4v) is 3.25. The molecule has 98 valence electrons. The second kappa shape index (κ2) is 6.16. The van der Waals surface area contributed by atoms with Crippen LogP contribution >= 0.6 is 11.3 Å². The second-order valence-corrected chi connectivity index (χ2v) is 5.38. The average Bonchev–Trinajstić information content (AvgIpc) is 2.81. The number of esters is 1. The zero-order valence-electron chi connectivity index (χ0n) is 10.9. The Kier molecular flexibility index (Phi) is 4.55. The molecule has 1 unspecified atom stereocenters. The van der Waals surface area contributed by atoms with Gasteiger partial charge in [0.1, 0.15) is 0 Å². The van der Waals surface area contributed by atoms with Gasteiger partial charge in [0.15, 0.2) is 0 Å². The number of hydrogen-bond acceptors (Lipinski definition) is 4. The number of ether oxygens (including phenoxy) is 1. The minimum absolute atomic E-state index is 0.251. The van der Waals surface area contributed by atoms with Gasteiger partial charge in [-0.25, -0.2) is 4.79 Å². The van der Waals surface area contributed by atoms with Gasteiger partial charge in [-0.3, -0.25) is 4.90 Å². The van der Waals surface area contributed by atoms with Crippen molar-refractivity contribution in [3.63, 3.8) is 0 Å². The van der Waals surface area contributed by atoms with E-state index in [1.807, 2.05) is 24.3 Å². The van der Waals surface area contributed by atoms with Crippen LogP contribution in [0.5, 0.6) is 0 Å². The molecule has 0 bridgehead atoms. The van der Waals surface area contributed by atoms with Crippen LogP contribution in [0.3, 0.4) is 0 Å². The predicted octanol–water partition coefficient (Wildman–Crippen LogP) is 2.79. The Labute approximate surface area is 112 Å². The molecule has 2 rings (SSSR count). The maximum absolute atomic E-state index is 11.2. The van der Waals surface area contributed by atoms with Crippen molar-refractivity contribution in [1.29, 1.82) is 0 Å². The Morgan fingerprint density at radius 1 is 1.67 bits per heavy atom. The van der Waals surface area contributed by atoms with Gasteiger partial charge in [0.25, 0.3) is 0 Å². The van der Waals surface area contributed by atoms with Gasteiger partial charge in [-0.2, -0.15) is 0 Å². The highest BCUT2D eigenvalue weighted by atomic mass is 32.1. The summed E-state index contributed by atoms with van der Waals surface area (Å²) in [5.41, 5.74) is 1.44. The molecular formula is C14H19NO2S. The Morgan fingerprint density at radius 3 is 3.28 bits per heavy atom. The highest BCUT2D eigenvalue weighted by Crippen LogP contribution is 2.32. The molecule has 0 fully saturated rings. The van der Waals surface area contributed by atoms with Crippen molar-refractivity contribution in [2.75, 3.05) is 19.7 Å². The normalized spacial score (nSPS) is 20.0. The molecule has 1 aromatic rings. The van der Waals surface area contributed by atoms with E-state index in [1.165, 1.54) is 16.5 Å². The molecule has 0 saturated heterocycles. The molecule has 0 radical (unpaired) electrons. The van der Waals surface area contributed by atoms with Crippen molar-refractivity contribution in [3.8, 4) is 0 Å². The number of hydrogen-bond donors (Lipinski definition) is 0. The predicted molar refractivity (Wildman–Crippen MR) is 73.8 cm³/mol. The van der Waals surface area contributed by atoms with E-state index in [1.54, 1.807) is 0 Å². The fourth-order valence-electron chi connectivity index (χ4n) is 2.29. The van der Waals surface area contributed by atoms with Gasteiger partial charge in [-0.15, -0.1) is 11.3 Å². The molecule has 1 aliphatic heterocycles. The molecule has 0 N–H and O–H groups in total. The molecule has 1 aromatic heterocycles. The quantitative estimate of drug-likeness (QED) is 0.619. The molecule has 0 spiro atoms. The minimum atomic E-state index is -0.251. The van der Waals surface area contributed by atoms with Crippen molar-refractivity contribution < 1.29 is 9.53 Å². The summed E-state index contributed by atoms with van der Waals surface area (Å²) in [6, 6.07) is 2.65. The summed E-state index contributed by atoms with van der Waals surface area (Å²) in [6.45, 7) is 6.33. The Bertz CT molecular complexity index is 439. The average molecular weight is 265 g/mol. The zero-order valence-corrected chi connectivity index (χ0v) is 11.7. The number of thiophene rings is 1. The molecule has 1 atom stereocenters. The van der Waals surface area contributed by atoms with Crippen LogP contribution in [0.2, 0.25) is 0 Å². The largest absolute Gasteiger partial charge is 0.463 e. The van der Waals surface area contributed by atoms with Crippen molar-refractivity contribution in [2.24, 2.45) is 0 Å². The van der Waals surface area contributed by atoms with Gasteiger partial charge >= 0.3 is 5.97 Å². The lowest BCUT2D eigenvalue weighted by Crippen LogP contribution is -2.33. The van der Waals surface area contributed by atoms with E-state index in [0.717, 1.165) is 19.5 Å². The van der Waals surface area contributed by atoms with Crippen molar-refractivity contribution >= 4 is 17.3 Å². The molecule has 0 amide bonds. The van der Waals surface area contributed by atoms with Gasteiger partial charge in [-0.05, 0) is 37.3 Å². The van der Waals surface area contributed by atoms with E-state index in [0.29, 0.717) is 12.6 Å². The van der Waals surface area contributed by atoms with E-state index in [-0.39, 0.29) is 5.97 Å². The molecule has 3 nitrogen and oxygen atoms in total. The van der Waals surface area contributed by atoms with Crippen LogP contribution in [0.1, 0.15) is 30.3 Å². The first kappa shape index (κ1) is 13.3. The summed E-state index contributed by atoms with van der Waals surface area (Å²) in [6.07, 6.45) is 4.54. The van der Waals surface area contributed by atoms with E-state index in [4.69, 9.17) is 4.74 Å². The first-order chi connectivity index (χ1) is 8.72. The molecule has 0 saturated carbocycles. The van der Waals surface area contributed by atoms with Gasteiger partial charge in [0.2, 0.25) is 0 Å². The third-order valence-electron chi connectivity index (χ3n) is 3.28. The lowest BCUT2D eigenvalue weighted by molar-refractivity contribution is -0.137. The SMILES string of the molecule is CCOC(=O)/C=C/CN1CCc2sccc2C1C. The van der Waals surface area contributed by atoms with Crippen LogP contribution in [0.25, 0.3) is 0 Å². The molecular weight excluding hydrogens is 246 g/mol. The number of carbonyl (C=O) groups excluding carboxylic acids is 1. The summed E-state index contributed by atoms with van der Waals surface area (Å²) >= 11 is 1.85. The fraction of sp³-hybridized carbons (Fsp3) is 0.500. The lowest BCUT2D eigenvalue weighted by atomic mass is 10.0. The maximum Gasteiger partial charge on any atom is 0.330 e. The number of carbonyl (C=O) groups is 1. The monoisotopic (exact) mass is 265 g/mol. The number of rotatable bonds is 4. The Hall–Kier alpha value is -1.13. The van der Waals surface area contributed by atoms with Gasteiger partial charge in [0, 0.05) is 30.1 Å². The van der Waals surface area contributed by atoms with Crippen LogP contribution in [-0.2, 0) is 16.0 Å². The van der Waals surface area contributed by atoms with Crippen LogP contribution in [-0.4, -0.2) is 30.6 Å². The molecule has 0 aliphatic carbocycles. The van der Waals surface area contributed by atoms with E-state index in [2.05, 4.69) is 23.3 Å². The minimum Gasteiger partial charge on any atom is -0.463 e. The smallest absolute Gasteiger partial charge is 0.330 e. The number of fused-ring (bicyclic) bond motifs is 1. The van der Waals surface area contributed by atoms with Crippen LogP contribution in [0.15, 0.2) is 23.6 Å². The van der Waals surface area contributed by atoms with Crippen molar-refractivity contribution in [2.45, 2.75) is 26.3 Å². The zero-order chi connectivity index (χ0) is 13.0. The van der Waals surface area contributed by atoms with E-state index in [9.17, 15) is 4.79 Å². The summed E-state index contributed by atoms with van der Waals surface area (Å²) < 4.78 is 4.86. The lowest BCUT2D eigenvalue weighted by Gasteiger charge is -2.32. The third-order valence-corrected chi connectivity index (χ3v) is 4.28. The third kappa shape index (κ3) is 3.00. The summed E-state index contributed by atoms with van der Waals surface area (Å²) in [7, 11) is 0. The molecule has 1 aliphatic rings. The summed E-state index contributed by atoms with van der Waals surface area (Å²) in [5, 5.41) is 2.17. The van der Waals surface area contributed by atoms with Gasteiger partial charge in [0.05, 0.1) is 6.61 Å². The Balaban J connectivity index is 1.90. The summed E-state index contributed by atoms with van der Waals surface area (Å²) in [5.74, 6) is -0.251. The standard InChI is InChI=1S/C14H19NO2S/c1-3-17-14(16)5-4-8-15-9-6-13-12(11(15)2)7-10-18-13/h4-5,7,10-11H,3,6,8-9H2,1-2H3/b5-4+. The molecule has 18 heavy (non-hydrogen) atoms. The van der Waals surface area contributed by atoms with Gasteiger partial charge in [-0.1, -0.05) is 6.08 Å².